The highest BCUT2D eigenvalue weighted by Gasteiger charge is 2.49. The third-order valence-electron chi connectivity index (χ3n) is 6.18. The van der Waals surface area contributed by atoms with Crippen molar-refractivity contribution in [2.45, 2.75) is 63.5 Å². The largest absolute Gasteiger partial charge is 0.463 e. The van der Waals surface area contributed by atoms with Gasteiger partial charge in [-0.3, -0.25) is 9.59 Å². The molecule has 0 aliphatic carbocycles. The number of rotatable bonds is 12. The van der Waals surface area contributed by atoms with Crippen LogP contribution in [-0.4, -0.2) is 47.5 Å². The van der Waals surface area contributed by atoms with E-state index in [2.05, 4.69) is 0 Å². The second-order valence-corrected chi connectivity index (χ2v) is 10.5. The summed E-state index contributed by atoms with van der Waals surface area (Å²) in [7, 11) is 0. The van der Waals surface area contributed by atoms with Crippen LogP contribution in [0.15, 0.2) is 91.0 Å². The SMILES string of the molecule is CC(=O)OC[C@H]1O[C@H](SC(C)=O)[C@H](OCc2ccccc2)[C@@H](OCc2ccccc2)[C@@H]1OCc1ccccc1. The molecular weight excluding hydrogens is 516 g/mol. The van der Waals surface area contributed by atoms with Gasteiger partial charge in [-0.1, -0.05) is 103 Å². The topological polar surface area (TPSA) is 80.3 Å². The molecule has 1 fully saturated rings. The Morgan fingerprint density at radius 2 is 1.10 bits per heavy atom. The van der Waals surface area contributed by atoms with E-state index in [0.717, 1.165) is 28.5 Å². The molecule has 0 amide bonds. The minimum absolute atomic E-state index is 0.0413. The van der Waals surface area contributed by atoms with E-state index >= 15 is 0 Å². The number of carbonyl (C=O) groups excluding carboxylic acids is 2. The van der Waals surface area contributed by atoms with Gasteiger partial charge in [-0.05, 0) is 16.7 Å². The first-order chi connectivity index (χ1) is 19.0. The molecule has 5 atom stereocenters. The van der Waals surface area contributed by atoms with Crippen molar-refractivity contribution in [3.8, 4) is 0 Å². The predicted octanol–water partition coefficient (Wildman–Crippen LogP) is 5.31. The maximum atomic E-state index is 12.3. The maximum Gasteiger partial charge on any atom is 0.302 e. The zero-order chi connectivity index (χ0) is 27.5. The predicted molar refractivity (Wildman–Crippen MR) is 149 cm³/mol. The minimum atomic E-state index is -0.691. The van der Waals surface area contributed by atoms with Gasteiger partial charge in [0.2, 0.25) is 0 Å². The van der Waals surface area contributed by atoms with Crippen LogP contribution in [0.4, 0.5) is 0 Å². The number of esters is 1. The Labute approximate surface area is 233 Å². The minimum Gasteiger partial charge on any atom is -0.463 e. The Bertz CT molecular complexity index is 1160. The number of hydrogen-bond acceptors (Lipinski definition) is 8. The number of thioether (sulfide) groups is 1. The van der Waals surface area contributed by atoms with Crippen molar-refractivity contribution in [1.29, 1.82) is 0 Å². The summed E-state index contributed by atoms with van der Waals surface area (Å²) in [5, 5.41) is -0.120. The number of benzene rings is 3. The summed E-state index contributed by atoms with van der Waals surface area (Å²) < 4.78 is 31.1. The average molecular weight is 551 g/mol. The Balaban J connectivity index is 1.64. The van der Waals surface area contributed by atoms with Crippen LogP contribution >= 0.6 is 11.8 Å². The molecule has 8 heteroatoms. The van der Waals surface area contributed by atoms with Crippen molar-refractivity contribution in [3.63, 3.8) is 0 Å². The molecule has 0 aromatic heterocycles. The standard InChI is InChI=1S/C31H34O7S/c1-22(32)34-21-27-28(35-18-24-12-6-3-7-13-24)29(36-19-25-14-8-4-9-15-25)30(31(38-27)39-23(2)33)37-20-26-16-10-5-11-17-26/h3-17,27-31H,18-21H2,1-2H3/t27-,28-,29+,30-,31-/m1/s1. The first-order valence-electron chi connectivity index (χ1n) is 12.9. The van der Waals surface area contributed by atoms with Crippen LogP contribution in [0.5, 0.6) is 0 Å². The van der Waals surface area contributed by atoms with Crippen LogP contribution in [0.1, 0.15) is 30.5 Å². The molecule has 0 spiro atoms. The van der Waals surface area contributed by atoms with Gasteiger partial charge in [-0.25, -0.2) is 0 Å². The van der Waals surface area contributed by atoms with Crippen molar-refractivity contribution in [1.82, 2.24) is 0 Å². The fourth-order valence-electron chi connectivity index (χ4n) is 4.34. The van der Waals surface area contributed by atoms with Gasteiger partial charge in [0.05, 0.1) is 19.8 Å². The van der Waals surface area contributed by atoms with E-state index in [4.69, 9.17) is 23.7 Å². The van der Waals surface area contributed by atoms with Crippen LogP contribution in [0.2, 0.25) is 0 Å². The fraction of sp³-hybridized carbons (Fsp3) is 0.355. The summed E-state index contributed by atoms with van der Waals surface area (Å²) in [6.45, 7) is 3.70. The van der Waals surface area contributed by atoms with Crippen LogP contribution in [0, 0.1) is 0 Å². The first kappa shape index (κ1) is 29.0. The summed E-state index contributed by atoms with van der Waals surface area (Å²) in [4.78, 5) is 24.0. The van der Waals surface area contributed by atoms with Gasteiger partial charge in [-0.2, -0.15) is 0 Å². The normalized spacial score (nSPS) is 22.8. The van der Waals surface area contributed by atoms with E-state index in [1.807, 2.05) is 91.0 Å². The molecule has 39 heavy (non-hydrogen) atoms. The molecule has 3 aromatic carbocycles. The lowest BCUT2D eigenvalue weighted by Gasteiger charge is -2.45. The van der Waals surface area contributed by atoms with Gasteiger partial charge >= 0.3 is 5.97 Å². The van der Waals surface area contributed by atoms with Gasteiger partial charge in [-0.15, -0.1) is 0 Å². The van der Waals surface area contributed by atoms with E-state index in [1.165, 1.54) is 13.8 Å². The Morgan fingerprint density at radius 3 is 1.54 bits per heavy atom. The van der Waals surface area contributed by atoms with Gasteiger partial charge in [0.25, 0.3) is 0 Å². The molecule has 0 radical (unpaired) electrons. The molecule has 4 rings (SSSR count). The Morgan fingerprint density at radius 1 is 0.667 bits per heavy atom. The molecule has 1 saturated heterocycles. The third kappa shape index (κ3) is 9.02. The second kappa shape index (κ2) is 15.0. The Hall–Kier alpha value is -3.01. The Kier molecular flexibility index (Phi) is 11.1. The lowest BCUT2D eigenvalue weighted by molar-refractivity contribution is -0.253. The number of ether oxygens (including phenoxy) is 5. The lowest BCUT2D eigenvalue weighted by Crippen LogP contribution is -2.60. The molecule has 0 saturated carbocycles. The highest BCUT2D eigenvalue weighted by atomic mass is 32.2. The summed E-state index contributed by atoms with van der Waals surface area (Å²) >= 11 is 1.04. The van der Waals surface area contributed by atoms with Crippen molar-refractivity contribution in [3.05, 3.63) is 108 Å². The van der Waals surface area contributed by atoms with E-state index in [1.54, 1.807) is 0 Å². The van der Waals surface area contributed by atoms with Crippen LogP contribution in [-0.2, 0) is 53.1 Å². The molecule has 0 unspecified atom stereocenters. The molecule has 0 bridgehead atoms. The van der Waals surface area contributed by atoms with E-state index in [9.17, 15) is 9.59 Å². The first-order valence-corrected chi connectivity index (χ1v) is 13.8. The average Bonchev–Trinajstić information content (AvgIpc) is 2.95. The van der Waals surface area contributed by atoms with Crippen LogP contribution in [0.25, 0.3) is 0 Å². The highest BCUT2D eigenvalue weighted by molar-refractivity contribution is 8.14. The monoisotopic (exact) mass is 550 g/mol. The number of hydrogen-bond donors (Lipinski definition) is 0. The summed E-state index contributed by atoms with van der Waals surface area (Å²) in [6.07, 6.45) is -2.58. The zero-order valence-electron chi connectivity index (χ0n) is 22.1. The molecule has 7 nitrogen and oxygen atoms in total. The maximum absolute atomic E-state index is 12.3. The van der Waals surface area contributed by atoms with Gasteiger partial charge < -0.3 is 23.7 Å². The van der Waals surface area contributed by atoms with E-state index < -0.39 is 35.8 Å². The van der Waals surface area contributed by atoms with Crippen molar-refractivity contribution >= 4 is 22.8 Å². The quantitative estimate of drug-likeness (QED) is 0.281. The van der Waals surface area contributed by atoms with Crippen molar-refractivity contribution in [2.24, 2.45) is 0 Å². The summed E-state index contributed by atoms with van der Waals surface area (Å²) in [6, 6.07) is 29.4. The van der Waals surface area contributed by atoms with Gasteiger partial charge in [0, 0.05) is 13.8 Å². The molecule has 206 valence electrons. The summed E-state index contributed by atoms with van der Waals surface area (Å²) in [5.74, 6) is -0.430. The smallest absolute Gasteiger partial charge is 0.302 e. The molecular formula is C31H34O7S. The molecule has 3 aromatic rings. The van der Waals surface area contributed by atoms with Crippen LogP contribution in [0.3, 0.4) is 0 Å². The summed E-state index contributed by atoms with van der Waals surface area (Å²) in [5.41, 5.74) is 2.26. The van der Waals surface area contributed by atoms with Crippen molar-refractivity contribution < 1.29 is 33.3 Å². The molecule has 1 aliphatic rings. The zero-order valence-corrected chi connectivity index (χ0v) is 23.0. The van der Waals surface area contributed by atoms with Crippen LogP contribution < -0.4 is 0 Å². The fourth-order valence-corrected chi connectivity index (χ4v) is 5.23. The highest BCUT2D eigenvalue weighted by Crippen LogP contribution is 2.35. The third-order valence-corrected chi connectivity index (χ3v) is 7.12. The van der Waals surface area contributed by atoms with E-state index in [0.29, 0.717) is 19.8 Å². The molecule has 0 N–H and O–H groups in total. The van der Waals surface area contributed by atoms with Gasteiger partial charge in [0.15, 0.2) is 5.12 Å². The van der Waals surface area contributed by atoms with Gasteiger partial charge in [0.1, 0.15) is 36.5 Å². The number of carbonyl (C=O) groups is 2. The lowest BCUT2D eigenvalue weighted by atomic mass is 9.99. The molecule has 1 heterocycles. The van der Waals surface area contributed by atoms with Crippen molar-refractivity contribution in [2.75, 3.05) is 6.61 Å². The second-order valence-electron chi connectivity index (χ2n) is 9.24. The van der Waals surface area contributed by atoms with E-state index in [-0.39, 0.29) is 11.7 Å². The molecule has 1 aliphatic heterocycles.